The highest BCUT2D eigenvalue weighted by molar-refractivity contribution is 5.59. The minimum Gasteiger partial charge on any atom is -0.469 e. The Bertz CT molecular complexity index is 896. The SMILES string of the molecule is O=c1[nH]c(Nc2ccc(N3CCCCC3)cc2)nnc1Cc1ccco1. The summed E-state index contributed by atoms with van der Waals surface area (Å²) in [4.78, 5) is 17.3. The summed E-state index contributed by atoms with van der Waals surface area (Å²) in [6.07, 6.45) is 5.71. The molecule has 1 aliphatic rings. The zero-order valence-electron chi connectivity index (χ0n) is 14.4. The summed E-state index contributed by atoms with van der Waals surface area (Å²) < 4.78 is 5.24. The van der Waals surface area contributed by atoms with Crippen LogP contribution in [0.2, 0.25) is 0 Å². The van der Waals surface area contributed by atoms with Crippen LogP contribution in [0.4, 0.5) is 17.3 Å². The second kappa shape index (κ2) is 7.43. The molecule has 0 radical (unpaired) electrons. The van der Waals surface area contributed by atoms with Gasteiger partial charge >= 0.3 is 0 Å². The van der Waals surface area contributed by atoms with Crippen molar-refractivity contribution in [1.29, 1.82) is 0 Å². The molecule has 1 saturated heterocycles. The highest BCUT2D eigenvalue weighted by Crippen LogP contribution is 2.22. The fourth-order valence-corrected chi connectivity index (χ4v) is 3.15. The predicted molar refractivity (Wildman–Crippen MR) is 100.0 cm³/mol. The summed E-state index contributed by atoms with van der Waals surface area (Å²) in [5.74, 6) is 1.00. The topological polar surface area (TPSA) is 87.0 Å². The number of benzene rings is 1. The molecule has 4 rings (SSSR count). The summed E-state index contributed by atoms with van der Waals surface area (Å²) in [5, 5.41) is 11.2. The number of piperidine rings is 1. The van der Waals surface area contributed by atoms with Gasteiger partial charge in [0.05, 0.1) is 12.7 Å². The highest BCUT2D eigenvalue weighted by atomic mass is 16.3. The van der Waals surface area contributed by atoms with Crippen LogP contribution >= 0.6 is 0 Å². The maximum atomic E-state index is 12.2. The van der Waals surface area contributed by atoms with Crippen molar-refractivity contribution in [2.75, 3.05) is 23.3 Å². The molecule has 0 bridgehead atoms. The number of aromatic amines is 1. The van der Waals surface area contributed by atoms with Crippen molar-refractivity contribution in [2.45, 2.75) is 25.7 Å². The van der Waals surface area contributed by atoms with Crippen molar-refractivity contribution in [3.63, 3.8) is 0 Å². The van der Waals surface area contributed by atoms with Crippen molar-refractivity contribution < 1.29 is 4.42 Å². The highest BCUT2D eigenvalue weighted by Gasteiger charge is 2.11. The Hall–Kier alpha value is -3.09. The van der Waals surface area contributed by atoms with Crippen molar-refractivity contribution in [3.05, 3.63) is 64.5 Å². The standard InChI is InChI=1S/C19H21N5O2/c25-18-17(13-16-5-4-12-26-16)22-23-19(21-18)20-14-6-8-15(9-7-14)24-10-2-1-3-11-24/h4-9,12H,1-3,10-11,13H2,(H2,20,21,23,25). The molecule has 0 atom stereocenters. The average molecular weight is 351 g/mol. The number of furan rings is 1. The third kappa shape index (κ3) is 3.77. The van der Waals surface area contributed by atoms with Crippen molar-refractivity contribution in [3.8, 4) is 0 Å². The van der Waals surface area contributed by atoms with Gasteiger partial charge in [0.1, 0.15) is 11.5 Å². The van der Waals surface area contributed by atoms with Crippen LogP contribution in [-0.4, -0.2) is 28.3 Å². The second-order valence-corrected chi connectivity index (χ2v) is 6.43. The summed E-state index contributed by atoms with van der Waals surface area (Å²) in [5.41, 5.74) is 2.13. The molecule has 26 heavy (non-hydrogen) atoms. The van der Waals surface area contributed by atoms with Crippen LogP contribution in [0.5, 0.6) is 0 Å². The van der Waals surface area contributed by atoms with E-state index in [0.29, 0.717) is 23.8 Å². The van der Waals surface area contributed by atoms with Gasteiger partial charge in [0, 0.05) is 24.5 Å². The first-order valence-corrected chi connectivity index (χ1v) is 8.88. The molecule has 0 unspecified atom stereocenters. The first kappa shape index (κ1) is 16.4. The maximum absolute atomic E-state index is 12.2. The lowest BCUT2D eigenvalue weighted by Crippen LogP contribution is -2.29. The normalized spacial score (nSPS) is 14.4. The molecular weight excluding hydrogens is 330 g/mol. The Labute approximate surface area is 151 Å². The number of hydrogen-bond donors (Lipinski definition) is 2. The smallest absolute Gasteiger partial charge is 0.274 e. The van der Waals surface area contributed by atoms with Gasteiger partial charge in [-0.3, -0.25) is 9.78 Å². The van der Waals surface area contributed by atoms with Crippen LogP contribution in [0.1, 0.15) is 30.7 Å². The zero-order chi connectivity index (χ0) is 17.8. The Morgan fingerprint density at radius 3 is 2.58 bits per heavy atom. The molecule has 7 heteroatoms. The molecule has 3 heterocycles. The molecular formula is C19H21N5O2. The van der Waals surface area contributed by atoms with E-state index in [4.69, 9.17) is 4.42 Å². The van der Waals surface area contributed by atoms with Gasteiger partial charge in [0.25, 0.3) is 5.56 Å². The first-order valence-electron chi connectivity index (χ1n) is 8.88. The number of nitrogens with zero attached hydrogens (tertiary/aromatic N) is 3. The van der Waals surface area contributed by atoms with Crippen LogP contribution in [0.3, 0.4) is 0 Å². The number of aromatic nitrogens is 3. The lowest BCUT2D eigenvalue weighted by molar-refractivity contribution is 0.517. The van der Waals surface area contributed by atoms with Crippen molar-refractivity contribution >= 4 is 17.3 Å². The molecule has 0 spiro atoms. The van der Waals surface area contributed by atoms with E-state index in [1.165, 1.54) is 24.9 Å². The summed E-state index contributed by atoms with van der Waals surface area (Å²) in [6.45, 7) is 2.23. The lowest BCUT2D eigenvalue weighted by Gasteiger charge is -2.28. The quantitative estimate of drug-likeness (QED) is 0.734. The fraction of sp³-hybridized carbons (Fsp3) is 0.316. The minimum atomic E-state index is -0.274. The molecule has 2 N–H and O–H groups in total. The van der Waals surface area contributed by atoms with E-state index in [9.17, 15) is 4.79 Å². The van der Waals surface area contributed by atoms with Gasteiger partial charge in [-0.15, -0.1) is 10.2 Å². The van der Waals surface area contributed by atoms with Crippen molar-refractivity contribution in [1.82, 2.24) is 15.2 Å². The van der Waals surface area contributed by atoms with E-state index in [1.807, 2.05) is 12.1 Å². The average Bonchev–Trinajstić information content (AvgIpc) is 3.19. The molecule has 1 fully saturated rings. The second-order valence-electron chi connectivity index (χ2n) is 6.43. The zero-order valence-corrected chi connectivity index (χ0v) is 14.4. The maximum Gasteiger partial charge on any atom is 0.274 e. The molecule has 2 aromatic heterocycles. The monoisotopic (exact) mass is 351 g/mol. The van der Waals surface area contributed by atoms with Gasteiger partial charge < -0.3 is 14.6 Å². The largest absolute Gasteiger partial charge is 0.469 e. The summed E-state index contributed by atoms with van der Waals surface area (Å²) in [7, 11) is 0. The van der Waals surface area contributed by atoms with Crippen molar-refractivity contribution in [2.24, 2.45) is 0 Å². The van der Waals surface area contributed by atoms with E-state index in [2.05, 4.69) is 37.5 Å². The minimum absolute atomic E-state index is 0.274. The predicted octanol–water partition coefficient (Wildman–Crippen LogP) is 3.08. The third-order valence-corrected chi connectivity index (χ3v) is 4.54. The molecule has 3 aromatic rings. The number of nitrogens with one attached hydrogen (secondary N) is 2. The first-order chi connectivity index (χ1) is 12.8. The molecule has 0 amide bonds. The number of anilines is 3. The Morgan fingerprint density at radius 2 is 1.88 bits per heavy atom. The van der Waals surface area contributed by atoms with Crippen LogP contribution < -0.4 is 15.8 Å². The van der Waals surface area contributed by atoms with Gasteiger partial charge in [-0.2, -0.15) is 0 Å². The lowest BCUT2D eigenvalue weighted by atomic mass is 10.1. The van der Waals surface area contributed by atoms with E-state index < -0.39 is 0 Å². The fourth-order valence-electron chi connectivity index (χ4n) is 3.15. The molecule has 134 valence electrons. The third-order valence-electron chi connectivity index (χ3n) is 4.54. The molecule has 1 aliphatic heterocycles. The van der Waals surface area contributed by atoms with Gasteiger partial charge in [-0.05, 0) is 55.7 Å². The number of H-pyrrole nitrogens is 1. The van der Waals surface area contributed by atoms with Crippen LogP contribution in [0.15, 0.2) is 51.9 Å². The van der Waals surface area contributed by atoms with E-state index in [0.717, 1.165) is 18.8 Å². The molecule has 0 saturated carbocycles. The van der Waals surface area contributed by atoms with Gasteiger partial charge in [-0.1, -0.05) is 0 Å². The molecule has 0 aliphatic carbocycles. The molecule has 1 aromatic carbocycles. The van der Waals surface area contributed by atoms with Crippen LogP contribution in [-0.2, 0) is 6.42 Å². The van der Waals surface area contributed by atoms with Crippen LogP contribution in [0.25, 0.3) is 0 Å². The van der Waals surface area contributed by atoms with Gasteiger partial charge in [0.15, 0.2) is 0 Å². The van der Waals surface area contributed by atoms with E-state index in [1.54, 1.807) is 18.4 Å². The Kier molecular flexibility index (Phi) is 4.68. The van der Waals surface area contributed by atoms with E-state index in [-0.39, 0.29) is 5.56 Å². The number of hydrogen-bond acceptors (Lipinski definition) is 6. The Morgan fingerprint density at radius 1 is 1.08 bits per heavy atom. The van der Waals surface area contributed by atoms with E-state index >= 15 is 0 Å². The summed E-state index contributed by atoms with van der Waals surface area (Å²) in [6, 6.07) is 11.7. The van der Waals surface area contributed by atoms with Crippen LogP contribution in [0, 0.1) is 0 Å². The Balaban J connectivity index is 1.43. The van der Waals surface area contributed by atoms with Gasteiger partial charge in [-0.25, -0.2) is 0 Å². The number of rotatable bonds is 5. The molecule has 7 nitrogen and oxygen atoms in total. The van der Waals surface area contributed by atoms with Gasteiger partial charge in [0.2, 0.25) is 5.95 Å². The summed E-state index contributed by atoms with van der Waals surface area (Å²) >= 11 is 0.